The number of imidazole rings is 1. The summed E-state index contributed by atoms with van der Waals surface area (Å²) in [5.41, 5.74) is 1.88. The van der Waals surface area contributed by atoms with Crippen LogP contribution in [0, 0.1) is 11.6 Å². The summed E-state index contributed by atoms with van der Waals surface area (Å²) in [5.74, 6) is -1.60. The minimum absolute atomic E-state index is 0.187. The molecule has 0 saturated carbocycles. The summed E-state index contributed by atoms with van der Waals surface area (Å²) in [7, 11) is 0. The molecule has 1 heterocycles. The summed E-state index contributed by atoms with van der Waals surface area (Å²) in [6.45, 7) is 0.474. The highest BCUT2D eigenvalue weighted by Gasteiger charge is 2.09. The van der Waals surface area contributed by atoms with Crippen LogP contribution >= 0.6 is 0 Å². The molecule has 0 aliphatic rings. The molecular formula is C14H10F2N2O. The van der Waals surface area contributed by atoms with E-state index in [1.165, 1.54) is 6.33 Å². The molecule has 3 rings (SSSR count). The average molecular weight is 260 g/mol. The topological polar surface area (TPSA) is 38.0 Å². The van der Waals surface area contributed by atoms with Crippen LogP contribution < -0.4 is 0 Å². The first-order valence-corrected chi connectivity index (χ1v) is 5.71. The number of rotatable bonds is 2. The maximum atomic E-state index is 13.2. The van der Waals surface area contributed by atoms with Crippen molar-refractivity contribution in [2.45, 2.75) is 6.54 Å². The first-order chi connectivity index (χ1) is 9.13. The molecule has 3 nitrogen and oxygen atoms in total. The van der Waals surface area contributed by atoms with Crippen LogP contribution in [0.4, 0.5) is 8.78 Å². The van der Waals surface area contributed by atoms with Gasteiger partial charge in [0.05, 0.1) is 17.4 Å². The van der Waals surface area contributed by atoms with Crippen molar-refractivity contribution in [1.29, 1.82) is 0 Å². The Bertz CT molecular complexity index is 735. The van der Waals surface area contributed by atoms with E-state index in [0.29, 0.717) is 17.6 Å². The summed E-state index contributed by atoms with van der Waals surface area (Å²) >= 11 is 0. The molecule has 3 aromatic rings. The van der Waals surface area contributed by atoms with Crippen molar-refractivity contribution in [3.8, 4) is 5.75 Å². The second-order valence-electron chi connectivity index (χ2n) is 4.29. The van der Waals surface area contributed by atoms with Crippen LogP contribution in [0.1, 0.15) is 5.56 Å². The van der Waals surface area contributed by atoms with Crippen LogP contribution in [0.25, 0.3) is 11.0 Å². The molecule has 96 valence electrons. The Morgan fingerprint density at radius 3 is 2.47 bits per heavy atom. The van der Waals surface area contributed by atoms with Crippen molar-refractivity contribution in [1.82, 2.24) is 9.55 Å². The Labute approximate surface area is 107 Å². The van der Waals surface area contributed by atoms with Crippen LogP contribution in [-0.2, 0) is 6.54 Å². The lowest BCUT2D eigenvalue weighted by Gasteiger charge is -2.05. The molecule has 0 spiro atoms. The van der Waals surface area contributed by atoms with Gasteiger partial charge in [-0.2, -0.15) is 0 Å². The number of halogens is 2. The van der Waals surface area contributed by atoms with Crippen LogP contribution in [0.2, 0.25) is 0 Å². The molecule has 0 aliphatic heterocycles. The zero-order valence-electron chi connectivity index (χ0n) is 9.85. The number of fused-ring (bicyclic) bond motifs is 1. The second-order valence-corrected chi connectivity index (χ2v) is 4.29. The number of phenols is 1. The lowest BCUT2D eigenvalue weighted by atomic mass is 10.2. The molecule has 0 aliphatic carbocycles. The smallest absolute Gasteiger partial charge is 0.161 e. The van der Waals surface area contributed by atoms with Gasteiger partial charge in [-0.25, -0.2) is 13.8 Å². The Balaban J connectivity index is 2.01. The number of nitrogens with zero attached hydrogens (tertiary/aromatic N) is 2. The van der Waals surface area contributed by atoms with E-state index in [1.54, 1.807) is 28.8 Å². The van der Waals surface area contributed by atoms with Gasteiger partial charge in [0.1, 0.15) is 5.75 Å². The summed E-state index contributed by atoms with van der Waals surface area (Å²) < 4.78 is 28.1. The SMILES string of the molecule is Oc1ccc(Cn2cnc3cc(F)c(F)cc32)cc1. The zero-order valence-corrected chi connectivity index (χ0v) is 9.85. The molecular weight excluding hydrogens is 250 g/mol. The van der Waals surface area contributed by atoms with E-state index in [-0.39, 0.29) is 5.75 Å². The Morgan fingerprint density at radius 1 is 1.05 bits per heavy atom. The van der Waals surface area contributed by atoms with Crippen molar-refractivity contribution in [2.24, 2.45) is 0 Å². The van der Waals surface area contributed by atoms with E-state index in [1.807, 2.05) is 0 Å². The molecule has 1 aromatic heterocycles. The first-order valence-electron chi connectivity index (χ1n) is 5.71. The van der Waals surface area contributed by atoms with E-state index >= 15 is 0 Å². The summed E-state index contributed by atoms with van der Waals surface area (Å²) in [6.07, 6.45) is 1.54. The fraction of sp³-hybridized carbons (Fsp3) is 0.0714. The molecule has 1 N–H and O–H groups in total. The molecule has 0 atom stereocenters. The van der Waals surface area contributed by atoms with E-state index < -0.39 is 11.6 Å². The van der Waals surface area contributed by atoms with Gasteiger partial charge < -0.3 is 9.67 Å². The fourth-order valence-electron chi connectivity index (χ4n) is 1.98. The number of aromatic nitrogens is 2. The highest BCUT2D eigenvalue weighted by Crippen LogP contribution is 2.19. The maximum Gasteiger partial charge on any atom is 0.161 e. The van der Waals surface area contributed by atoms with Crippen LogP contribution in [0.5, 0.6) is 5.75 Å². The largest absolute Gasteiger partial charge is 0.508 e. The van der Waals surface area contributed by atoms with Crippen LogP contribution in [-0.4, -0.2) is 14.7 Å². The van der Waals surface area contributed by atoms with Crippen molar-refractivity contribution in [3.63, 3.8) is 0 Å². The third kappa shape index (κ3) is 2.14. The average Bonchev–Trinajstić information content (AvgIpc) is 2.76. The van der Waals surface area contributed by atoms with Gasteiger partial charge in [0.2, 0.25) is 0 Å². The number of hydrogen-bond acceptors (Lipinski definition) is 2. The lowest BCUT2D eigenvalue weighted by molar-refractivity contribution is 0.475. The summed E-state index contributed by atoms with van der Waals surface area (Å²) in [6, 6.07) is 8.90. The first kappa shape index (κ1) is 11.6. The molecule has 0 unspecified atom stereocenters. The Kier molecular flexibility index (Phi) is 2.67. The highest BCUT2D eigenvalue weighted by molar-refractivity contribution is 5.75. The molecule has 2 aromatic carbocycles. The molecule has 0 bridgehead atoms. The van der Waals surface area contributed by atoms with Gasteiger partial charge in [0, 0.05) is 18.7 Å². The predicted molar refractivity (Wildman–Crippen MR) is 66.9 cm³/mol. The Hall–Kier alpha value is -2.43. The van der Waals surface area contributed by atoms with Gasteiger partial charge in [-0.1, -0.05) is 12.1 Å². The number of aromatic hydroxyl groups is 1. The highest BCUT2D eigenvalue weighted by atomic mass is 19.2. The van der Waals surface area contributed by atoms with E-state index in [0.717, 1.165) is 17.7 Å². The van der Waals surface area contributed by atoms with Crippen LogP contribution in [0.3, 0.4) is 0 Å². The number of phenolic OH excluding ortho intramolecular Hbond substituents is 1. The molecule has 5 heteroatoms. The summed E-state index contributed by atoms with van der Waals surface area (Å²) in [5, 5.41) is 9.21. The lowest BCUT2D eigenvalue weighted by Crippen LogP contribution is -1.98. The van der Waals surface area contributed by atoms with Gasteiger partial charge in [-0.3, -0.25) is 0 Å². The third-order valence-corrected chi connectivity index (χ3v) is 2.95. The normalized spacial score (nSPS) is 11.1. The predicted octanol–water partition coefficient (Wildman–Crippen LogP) is 3.07. The molecule has 0 radical (unpaired) electrons. The second kappa shape index (κ2) is 4.35. The van der Waals surface area contributed by atoms with Crippen molar-refractivity contribution < 1.29 is 13.9 Å². The van der Waals surface area contributed by atoms with E-state index in [2.05, 4.69) is 4.98 Å². The molecule has 0 fully saturated rings. The van der Waals surface area contributed by atoms with Gasteiger partial charge >= 0.3 is 0 Å². The third-order valence-electron chi connectivity index (χ3n) is 2.95. The van der Waals surface area contributed by atoms with Gasteiger partial charge in [-0.05, 0) is 17.7 Å². The van der Waals surface area contributed by atoms with Crippen LogP contribution in [0.15, 0.2) is 42.7 Å². The molecule has 19 heavy (non-hydrogen) atoms. The minimum Gasteiger partial charge on any atom is -0.508 e. The molecule has 0 saturated heterocycles. The summed E-state index contributed by atoms with van der Waals surface area (Å²) in [4.78, 5) is 4.04. The number of hydrogen-bond donors (Lipinski definition) is 1. The van der Waals surface area contributed by atoms with Crippen molar-refractivity contribution >= 4 is 11.0 Å². The van der Waals surface area contributed by atoms with Gasteiger partial charge in [0.15, 0.2) is 11.6 Å². The molecule has 0 amide bonds. The number of benzene rings is 2. The standard InChI is InChI=1S/C14H10F2N2O/c15-11-5-13-14(6-12(11)16)18(8-17-13)7-9-1-3-10(19)4-2-9/h1-6,8,19H,7H2. The van der Waals surface area contributed by atoms with Gasteiger partial charge in [0.25, 0.3) is 0 Å². The minimum atomic E-state index is -0.901. The van der Waals surface area contributed by atoms with Crippen molar-refractivity contribution in [2.75, 3.05) is 0 Å². The van der Waals surface area contributed by atoms with E-state index in [9.17, 15) is 13.9 Å². The quantitative estimate of drug-likeness (QED) is 0.769. The fourth-order valence-corrected chi connectivity index (χ4v) is 1.98. The van der Waals surface area contributed by atoms with Gasteiger partial charge in [-0.15, -0.1) is 0 Å². The van der Waals surface area contributed by atoms with Crippen molar-refractivity contribution in [3.05, 3.63) is 59.9 Å². The monoisotopic (exact) mass is 260 g/mol. The zero-order chi connectivity index (χ0) is 13.4. The maximum absolute atomic E-state index is 13.2. The Morgan fingerprint density at radius 2 is 1.74 bits per heavy atom. The van der Waals surface area contributed by atoms with E-state index in [4.69, 9.17) is 0 Å².